The maximum absolute atomic E-state index is 3.64. The van der Waals surface area contributed by atoms with Gasteiger partial charge in [0.2, 0.25) is 0 Å². The summed E-state index contributed by atoms with van der Waals surface area (Å²) in [6.07, 6.45) is 6.55. The third-order valence-electron chi connectivity index (χ3n) is 3.66. The maximum Gasteiger partial charge on any atom is 0.0184 e. The summed E-state index contributed by atoms with van der Waals surface area (Å²) in [7, 11) is 0. The van der Waals surface area contributed by atoms with Gasteiger partial charge in [-0.15, -0.1) is 0 Å². The van der Waals surface area contributed by atoms with Crippen molar-refractivity contribution in [1.82, 2.24) is 10.3 Å². The highest BCUT2D eigenvalue weighted by Crippen LogP contribution is 2.29. The Kier molecular flexibility index (Phi) is 2.09. The second-order valence-electron chi connectivity index (χ2n) is 4.61. The molecular formula is C12H18N2. The lowest BCUT2D eigenvalue weighted by Gasteiger charge is -2.21. The summed E-state index contributed by atoms with van der Waals surface area (Å²) < 4.78 is 0. The first-order chi connectivity index (χ1) is 6.93. The topological polar surface area (TPSA) is 27.8 Å². The number of aromatic amines is 1. The van der Waals surface area contributed by atoms with E-state index in [1.54, 1.807) is 5.56 Å². The van der Waals surface area contributed by atoms with Crippen LogP contribution in [0.5, 0.6) is 0 Å². The zero-order valence-electron chi connectivity index (χ0n) is 8.60. The molecule has 1 aliphatic heterocycles. The van der Waals surface area contributed by atoms with Gasteiger partial charge >= 0.3 is 0 Å². The van der Waals surface area contributed by atoms with E-state index < -0.39 is 0 Å². The third-order valence-corrected chi connectivity index (χ3v) is 3.66. The highest BCUT2D eigenvalue weighted by molar-refractivity contribution is 5.31. The molecule has 0 bridgehead atoms. The van der Waals surface area contributed by atoms with E-state index >= 15 is 0 Å². The van der Waals surface area contributed by atoms with Crippen molar-refractivity contribution in [2.45, 2.75) is 38.0 Å². The van der Waals surface area contributed by atoms with Crippen LogP contribution in [0.2, 0.25) is 0 Å². The zero-order valence-corrected chi connectivity index (χ0v) is 8.60. The van der Waals surface area contributed by atoms with Crippen molar-refractivity contribution < 1.29 is 0 Å². The van der Waals surface area contributed by atoms with Crippen molar-refractivity contribution >= 4 is 0 Å². The van der Waals surface area contributed by atoms with Crippen LogP contribution < -0.4 is 5.32 Å². The Morgan fingerprint density at radius 3 is 2.79 bits per heavy atom. The van der Waals surface area contributed by atoms with E-state index in [4.69, 9.17) is 0 Å². The predicted octanol–water partition coefficient (Wildman–Crippen LogP) is 1.97. The minimum Gasteiger partial charge on any atom is -0.362 e. The number of rotatable bonds is 1. The van der Waals surface area contributed by atoms with Crippen LogP contribution in [0, 0.1) is 0 Å². The van der Waals surface area contributed by atoms with E-state index in [-0.39, 0.29) is 0 Å². The molecule has 0 amide bonds. The smallest absolute Gasteiger partial charge is 0.0184 e. The van der Waals surface area contributed by atoms with Crippen molar-refractivity contribution in [3.8, 4) is 0 Å². The molecule has 1 aromatic rings. The monoisotopic (exact) mass is 190 g/mol. The Bertz CT molecular complexity index is 300. The molecule has 2 heterocycles. The van der Waals surface area contributed by atoms with Crippen LogP contribution in [0.1, 0.15) is 42.1 Å². The summed E-state index contributed by atoms with van der Waals surface area (Å²) in [5.74, 6) is 0.793. The molecule has 0 aromatic carbocycles. The molecule has 2 heteroatoms. The second-order valence-corrected chi connectivity index (χ2v) is 4.61. The number of hydrogen-bond donors (Lipinski definition) is 2. The average Bonchev–Trinajstić information content (AvgIpc) is 2.78. The number of aromatic nitrogens is 1. The van der Waals surface area contributed by atoms with Gasteiger partial charge in [-0.05, 0) is 56.8 Å². The average molecular weight is 190 g/mol. The van der Waals surface area contributed by atoms with E-state index in [9.17, 15) is 0 Å². The molecule has 2 aliphatic rings. The molecule has 2 nitrogen and oxygen atoms in total. The number of piperidine rings is 1. The molecule has 0 unspecified atom stereocenters. The minimum atomic E-state index is 0.793. The van der Waals surface area contributed by atoms with Gasteiger partial charge in [0, 0.05) is 17.3 Å². The lowest BCUT2D eigenvalue weighted by molar-refractivity contribution is 0.454. The normalized spacial score (nSPS) is 22.6. The Morgan fingerprint density at radius 1 is 1.14 bits per heavy atom. The van der Waals surface area contributed by atoms with Gasteiger partial charge in [0.15, 0.2) is 0 Å². The molecule has 1 fully saturated rings. The van der Waals surface area contributed by atoms with E-state index in [1.807, 2.05) is 0 Å². The molecule has 3 rings (SSSR count). The third kappa shape index (κ3) is 1.38. The minimum absolute atomic E-state index is 0.793. The first-order valence-corrected chi connectivity index (χ1v) is 5.85. The molecule has 1 aliphatic carbocycles. The van der Waals surface area contributed by atoms with Crippen LogP contribution in [0.4, 0.5) is 0 Å². The maximum atomic E-state index is 3.64. The number of aryl methyl sites for hydroxylation is 2. The summed E-state index contributed by atoms with van der Waals surface area (Å²) >= 11 is 0. The summed E-state index contributed by atoms with van der Waals surface area (Å²) in [5, 5.41) is 3.42. The van der Waals surface area contributed by atoms with E-state index in [1.165, 1.54) is 56.6 Å². The van der Waals surface area contributed by atoms with Crippen molar-refractivity contribution in [3.05, 3.63) is 23.0 Å². The van der Waals surface area contributed by atoms with Crippen LogP contribution in [0.3, 0.4) is 0 Å². The Balaban J connectivity index is 1.82. The largest absolute Gasteiger partial charge is 0.362 e. The second kappa shape index (κ2) is 3.43. The Labute approximate surface area is 85.1 Å². The molecule has 1 saturated heterocycles. The highest BCUT2D eigenvalue weighted by Gasteiger charge is 2.20. The summed E-state index contributed by atoms with van der Waals surface area (Å²) in [6.45, 7) is 2.38. The predicted molar refractivity (Wildman–Crippen MR) is 57.7 cm³/mol. The van der Waals surface area contributed by atoms with Crippen LogP contribution in [-0.2, 0) is 12.8 Å². The quantitative estimate of drug-likeness (QED) is 0.696. The molecular weight excluding hydrogens is 172 g/mol. The van der Waals surface area contributed by atoms with Crippen LogP contribution in [-0.4, -0.2) is 18.1 Å². The Morgan fingerprint density at radius 2 is 2.00 bits per heavy atom. The summed E-state index contributed by atoms with van der Waals surface area (Å²) in [5.41, 5.74) is 4.63. The zero-order chi connectivity index (χ0) is 9.38. The van der Waals surface area contributed by atoms with E-state index in [0.717, 1.165) is 5.92 Å². The SMILES string of the molecule is c1c(C2CCNCC2)[nH]c2c1CCC2. The summed E-state index contributed by atoms with van der Waals surface area (Å²) in [6, 6.07) is 2.43. The van der Waals surface area contributed by atoms with Crippen molar-refractivity contribution in [2.75, 3.05) is 13.1 Å². The lowest BCUT2D eigenvalue weighted by Crippen LogP contribution is -2.26. The molecule has 1 aromatic heterocycles. The highest BCUT2D eigenvalue weighted by atomic mass is 14.9. The first-order valence-electron chi connectivity index (χ1n) is 5.85. The van der Waals surface area contributed by atoms with Crippen molar-refractivity contribution in [3.63, 3.8) is 0 Å². The fraction of sp³-hybridized carbons (Fsp3) is 0.667. The van der Waals surface area contributed by atoms with Gasteiger partial charge in [-0.2, -0.15) is 0 Å². The van der Waals surface area contributed by atoms with Crippen LogP contribution in [0.25, 0.3) is 0 Å². The summed E-state index contributed by atoms with van der Waals surface area (Å²) in [4.78, 5) is 3.64. The number of nitrogens with one attached hydrogen (secondary N) is 2. The molecule has 0 atom stereocenters. The van der Waals surface area contributed by atoms with Gasteiger partial charge in [0.05, 0.1) is 0 Å². The molecule has 2 N–H and O–H groups in total. The van der Waals surface area contributed by atoms with Gasteiger partial charge < -0.3 is 10.3 Å². The van der Waals surface area contributed by atoms with Crippen molar-refractivity contribution in [2.24, 2.45) is 0 Å². The van der Waals surface area contributed by atoms with Crippen LogP contribution >= 0.6 is 0 Å². The van der Waals surface area contributed by atoms with Gasteiger partial charge in [0.25, 0.3) is 0 Å². The first kappa shape index (κ1) is 8.54. The standard InChI is InChI=1S/C12H18N2/c1-2-10-8-12(14-11(10)3-1)9-4-6-13-7-5-9/h8-9,13-14H,1-7H2. The van der Waals surface area contributed by atoms with Gasteiger partial charge in [0.1, 0.15) is 0 Å². The van der Waals surface area contributed by atoms with Gasteiger partial charge in [-0.1, -0.05) is 0 Å². The van der Waals surface area contributed by atoms with Gasteiger partial charge in [-0.25, -0.2) is 0 Å². The number of H-pyrrole nitrogens is 1. The van der Waals surface area contributed by atoms with E-state index in [2.05, 4.69) is 16.4 Å². The van der Waals surface area contributed by atoms with Gasteiger partial charge in [-0.3, -0.25) is 0 Å². The number of hydrogen-bond acceptors (Lipinski definition) is 1. The number of fused-ring (bicyclic) bond motifs is 1. The fourth-order valence-corrected chi connectivity index (χ4v) is 2.82. The van der Waals surface area contributed by atoms with E-state index in [0.29, 0.717) is 0 Å². The van der Waals surface area contributed by atoms with Crippen LogP contribution in [0.15, 0.2) is 6.07 Å². The van der Waals surface area contributed by atoms with Crippen molar-refractivity contribution in [1.29, 1.82) is 0 Å². The fourth-order valence-electron chi connectivity index (χ4n) is 2.82. The molecule has 0 saturated carbocycles. The molecule has 14 heavy (non-hydrogen) atoms. The molecule has 76 valence electrons. The molecule has 0 spiro atoms. The molecule has 0 radical (unpaired) electrons. The Hall–Kier alpha value is -0.760. The lowest BCUT2D eigenvalue weighted by atomic mass is 9.94.